The molecule has 4 atom stereocenters. The Morgan fingerprint density at radius 2 is 1.76 bits per heavy atom. The first-order valence-electron chi connectivity index (χ1n) is 8.87. The number of nitrogens with zero attached hydrogens (tertiary/aromatic N) is 2. The van der Waals surface area contributed by atoms with Crippen LogP contribution in [0.2, 0.25) is 0 Å². The van der Waals surface area contributed by atoms with Gasteiger partial charge in [-0.1, -0.05) is 30.4 Å². The van der Waals surface area contributed by atoms with Crippen LogP contribution in [-0.4, -0.2) is 28.0 Å². The second-order valence-corrected chi connectivity index (χ2v) is 7.74. The molecule has 1 spiro atoms. The molecule has 124 valence electrons. The Bertz CT molecular complexity index is 963. The number of hydrogen-bond donors (Lipinski definition) is 1. The molecule has 6 rings (SSSR count). The first kappa shape index (κ1) is 13.6. The van der Waals surface area contributed by atoms with E-state index in [1.54, 1.807) is 6.21 Å². The molecule has 2 aromatic rings. The van der Waals surface area contributed by atoms with Crippen LogP contribution in [0, 0.1) is 29.1 Å². The van der Waals surface area contributed by atoms with Gasteiger partial charge in [0, 0.05) is 22.7 Å². The number of fused-ring (bicyclic) bond motifs is 4. The summed E-state index contributed by atoms with van der Waals surface area (Å²) in [5.74, 6) is -0.127. The molecule has 2 saturated carbocycles. The Morgan fingerprint density at radius 3 is 2.44 bits per heavy atom. The summed E-state index contributed by atoms with van der Waals surface area (Å²) in [7, 11) is 0. The summed E-state index contributed by atoms with van der Waals surface area (Å²) < 4.78 is 0. The first-order valence-corrected chi connectivity index (χ1v) is 8.87. The van der Waals surface area contributed by atoms with E-state index in [1.165, 1.54) is 0 Å². The number of aromatic nitrogens is 1. The molecule has 1 N–H and O–H groups in total. The summed E-state index contributed by atoms with van der Waals surface area (Å²) >= 11 is 0. The summed E-state index contributed by atoms with van der Waals surface area (Å²) in [6, 6.07) is 7.91. The van der Waals surface area contributed by atoms with E-state index in [1.807, 2.05) is 30.5 Å². The van der Waals surface area contributed by atoms with Gasteiger partial charge >= 0.3 is 0 Å². The molecule has 3 aliphatic carbocycles. The van der Waals surface area contributed by atoms with Gasteiger partial charge in [-0.25, -0.2) is 0 Å². The summed E-state index contributed by atoms with van der Waals surface area (Å²) in [6.45, 7) is 0. The van der Waals surface area contributed by atoms with Crippen molar-refractivity contribution in [1.82, 2.24) is 9.99 Å². The van der Waals surface area contributed by atoms with E-state index in [-0.39, 0.29) is 40.9 Å². The Morgan fingerprint density at radius 1 is 1.08 bits per heavy atom. The third-order valence-corrected chi connectivity index (χ3v) is 6.76. The molecule has 5 heteroatoms. The third-order valence-electron chi connectivity index (χ3n) is 6.76. The van der Waals surface area contributed by atoms with Crippen molar-refractivity contribution in [2.75, 3.05) is 0 Å². The monoisotopic (exact) mass is 331 g/mol. The van der Waals surface area contributed by atoms with E-state index in [0.717, 1.165) is 34.3 Å². The van der Waals surface area contributed by atoms with Crippen LogP contribution in [0.5, 0.6) is 0 Å². The van der Waals surface area contributed by atoms with Crippen molar-refractivity contribution < 1.29 is 9.59 Å². The van der Waals surface area contributed by atoms with Gasteiger partial charge in [0.15, 0.2) is 0 Å². The van der Waals surface area contributed by atoms with Crippen molar-refractivity contribution in [3.05, 3.63) is 48.2 Å². The minimum Gasteiger partial charge on any atom is -0.361 e. The summed E-state index contributed by atoms with van der Waals surface area (Å²) in [6.07, 6.45) is 10.1. The van der Waals surface area contributed by atoms with Crippen molar-refractivity contribution >= 4 is 28.9 Å². The number of para-hydroxylation sites is 1. The number of hydrazone groups is 1. The smallest absolute Gasteiger partial charge is 0.254 e. The molecule has 1 aliphatic heterocycles. The largest absolute Gasteiger partial charge is 0.361 e. The van der Waals surface area contributed by atoms with Crippen molar-refractivity contribution in [1.29, 1.82) is 0 Å². The summed E-state index contributed by atoms with van der Waals surface area (Å²) in [5, 5.41) is 6.44. The van der Waals surface area contributed by atoms with E-state index < -0.39 is 0 Å². The van der Waals surface area contributed by atoms with Crippen LogP contribution in [0.15, 0.2) is 47.7 Å². The standard InChI is InChI=1S/C20H17N3O2/c24-18-16-13-5-6-14(20(13)7-8-20)17(16)19(25)23(18)22-10-11-9-21-15-4-2-1-3-12(11)15/h1-6,9-10,13-14,16-17,21H,7-8H2/b22-10-/t13-,14-,16-,17-/m0/s1. The zero-order valence-electron chi connectivity index (χ0n) is 13.6. The van der Waals surface area contributed by atoms with E-state index in [9.17, 15) is 9.59 Å². The number of carbonyl (C=O) groups is 2. The Kier molecular flexibility index (Phi) is 2.33. The lowest BCUT2D eigenvalue weighted by atomic mass is 9.85. The molecule has 0 radical (unpaired) electrons. The van der Waals surface area contributed by atoms with Gasteiger partial charge < -0.3 is 4.98 Å². The molecule has 1 aromatic carbocycles. The number of carbonyl (C=O) groups excluding carboxylic acids is 2. The molecule has 3 fully saturated rings. The van der Waals surface area contributed by atoms with Crippen molar-refractivity contribution in [3.8, 4) is 0 Å². The average molecular weight is 331 g/mol. The second kappa shape index (κ2) is 4.28. The number of benzene rings is 1. The zero-order chi connectivity index (χ0) is 16.8. The van der Waals surface area contributed by atoms with Gasteiger partial charge in [-0.3, -0.25) is 9.59 Å². The lowest BCUT2D eigenvalue weighted by Crippen LogP contribution is -2.30. The maximum absolute atomic E-state index is 12.9. The van der Waals surface area contributed by atoms with Crippen LogP contribution in [0.1, 0.15) is 18.4 Å². The molecule has 5 nitrogen and oxygen atoms in total. The quantitative estimate of drug-likeness (QED) is 0.522. The summed E-state index contributed by atoms with van der Waals surface area (Å²) in [5.41, 5.74) is 2.12. The molecule has 1 aromatic heterocycles. The highest BCUT2D eigenvalue weighted by Gasteiger charge is 2.73. The fraction of sp³-hybridized carbons (Fsp3) is 0.350. The molecule has 0 unspecified atom stereocenters. The van der Waals surface area contributed by atoms with Gasteiger partial charge in [0.25, 0.3) is 11.8 Å². The van der Waals surface area contributed by atoms with Crippen molar-refractivity contribution in [2.45, 2.75) is 12.8 Å². The van der Waals surface area contributed by atoms with Gasteiger partial charge in [0.1, 0.15) is 0 Å². The van der Waals surface area contributed by atoms with Crippen molar-refractivity contribution in [3.63, 3.8) is 0 Å². The van der Waals surface area contributed by atoms with Gasteiger partial charge in [0.05, 0.1) is 18.1 Å². The molecule has 2 bridgehead atoms. The third kappa shape index (κ3) is 1.52. The number of allylic oxidation sites excluding steroid dienone is 2. The molecule has 2 heterocycles. The minimum absolute atomic E-state index is 0.116. The maximum atomic E-state index is 12.9. The number of aromatic amines is 1. The van der Waals surface area contributed by atoms with E-state index in [4.69, 9.17) is 0 Å². The first-order chi connectivity index (χ1) is 12.2. The molecular weight excluding hydrogens is 314 g/mol. The number of amides is 2. The molecular formula is C20H17N3O2. The lowest BCUT2D eigenvalue weighted by Gasteiger charge is -2.18. The number of imide groups is 1. The molecule has 25 heavy (non-hydrogen) atoms. The Labute approximate surface area is 144 Å². The Balaban J connectivity index is 1.34. The fourth-order valence-electron chi connectivity index (χ4n) is 5.50. The SMILES string of the molecule is O=C1[C@@H]2[C@@H](C(=O)N1/N=C\c1c[nH]c3ccccc13)[C@@H]1C=C[C@@H]2C12CC2. The van der Waals surface area contributed by atoms with E-state index in [2.05, 4.69) is 22.2 Å². The van der Waals surface area contributed by atoms with Crippen LogP contribution < -0.4 is 0 Å². The fourth-order valence-corrected chi connectivity index (χ4v) is 5.50. The Hall–Kier alpha value is -2.69. The van der Waals surface area contributed by atoms with Crippen LogP contribution in [-0.2, 0) is 9.59 Å². The molecule has 2 amide bonds. The van der Waals surface area contributed by atoms with Gasteiger partial charge in [-0.15, -0.1) is 0 Å². The highest BCUT2D eigenvalue weighted by Crippen LogP contribution is 2.73. The summed E-state index contributed by atoms with van der Waals surface area (Å²) in [4.78, 5) is 28.9. The van der Waals surface area contributed by atoms with E-state index >= 15 is 0 Å². The lowest BCUT2D eigenvalue weighted by molar-refractivity contribution is -0.141. The topological polar surface area (TPSA) is 65.5 Å². The predicted octanol–water partition coefficient (Wildman–Crippen LogP) is 2.70. The predicted molar refractivity (Wildman–Crippen MR) is 92.5 cm³/mol. The highest BCUT2D eigenvalue weighted by atomic mass is 16.2. The normalized spacial score (nSPS) is 34.2. The van der Waals surface area contributed by atoms with Crippen LogP contribution in [0.25, 0.3) is 10.9 Å². The average Bonchev–Trinajstić information content (AvgIpc) is 3.00. The zero-order valence-corrected chi connectivity index (χ0v) is 13.6. The number of hydrogen-bond acceptors (Lipinski definition) is 3. The van der Waals surface area contributed by atoms with Gasteiger partial charge in [0.2, 0.25) is 0 Å². The number of rotatable bonds is 2. The maximum Gasteiger partial charge on any atom is 0.254 e. The van der Waals surface area contributed by atoms with Crippen molar-refractivity contribution in [2.24, 2.45) is 34.2 Å². The molecule has 1 saturated heterocycles. The van der Waals surface area contributed by atoms with Crippen LogP contribution in [0.4, 0.5) is 0 Å². The highest BCUT2D eigenvalue weighted by molar-refractivity contribution is 6.08. The van der Waals surface area contributed by atoms with Crippen LogP contribution in [0.3, 0.4) is 0 Å². The van der Waals surface area contributed by atoms with Gasteiger partial charge in [-0.05, 0) is 36.2 Å². The second-order valence-electron chi connectivity index (χ2n) is 7.74. The number of H-pyrrole nitrogens is 1. The van der Waals surface area contributed by atoms with E-state index in [0.29, 0.717) is 0 Å². The number of nitrogens with one attached hydrogen (secondary N) is 1. The molecule has 4 aliphatic rings. The van der Waals surface area contributed by atoms with Gasteiger partial charge in [-0.2, -0.15) is 10.1 Å². The minimum atomic E-state index is -0.190. The van der Waals surface area contributed by atoms with Crippen LogP contribution >= 0.6 is 0 Å².